The van der Waals surface area contributed by atoms with E-state index in [-0.39, 0.29) is 4.90 Å². The van der Waals surface area contributed by atoms with E-state index in [9.17, 15) is 8.42 Å². The first-order valence-electron chi connectivity index (χ1n) is 7.68. The van der Waals surface area contributed by atoms with Crippen LogP contribution in [0.4, 0.5) is 11.4 Å². The molecule has 0 unspecified atom stereocenters. The fourth-order valence-electron chi connectivity index (χ4n) is 2.19. The highest BCUT2D eigenvalue weighted by molar-refractivity contribution is 7.92. The second kappa shape index (κ2) is 8.13. The van der Waals surface area contributed by atoms with Crippen LogP contribution in [-0.4, -0.2) is 20.1 Å². The topological polar surface area (TPSA) is 70.2 Å². The Balaban J connectivity index is 2.12. The van der Waals surface area contributed by atoms with Crippen LogP contribution in [0.3, 0.4) is 0 Å². The molecule has 132 valence electrons. The number of anilines is 2. The average Bonchev–Trinajstić information content (AvgIpc) is 2.56. The van der Waals surface area contributed by atoms with Crippen LogP contribution in [0.2, 0.25) is 0 Å². The molecule has 0 radical (unpaired) electrons. The van der Waals surface area contributed by atoms with E-state index in [0.717, 1.165) is 11.1 Å². The van der Waals surface area contributed by atoms with Gasteiger partial charge in [-0.3, -0.25) is 4.72 Å². The standard InChI is InChI=1S/C18H21N3O2S2/c1-4-11-19-18(24)20-15-6-8-16(9-7-15)25(22,23)21-17-10-5-13(2)12-14(17)3/h4-10,12,21H,1,11H2,2-3H3,(H2,19,20,24). The van der Waals surface area contributed by atoms with E-state index in [1.807, 2.05) is 26.0 Å². The molecular weight excluding hydrogens is 354 g/mol. The van der Waals surface area contributed by atoms with Crippen LogP contribution in [0.25, 0.3) is 0 Å². The van der Waals surface area contributed by atoms with Crippen molar-refractivity contribution in [2.45, 2.75) is 18.7 Å². The molecule has 5 nitrogen and oxygen atoms in total. The molecule has 7 heteroatoms. The Morgan fingerprint density at radius 3 is 2.44 bits per heavy atom. The maximum Gasteiger partial charge on any atom is 0.261 e. The van der Waals surface area contributed by atoms with Gasteiger partial charge in [-0.2, -0.15) is 0 Å². The summed E-state index contributed by atoms with van der Waals surface area (Å²) < 4.78 is 27.7. The maximum absolute atomic E-state index is 12.5. The van der Waals surface area contributed by atoms with Crippen LogP contribution >= 0.6 is 12.2 Å². The Bertz CT molecular complexity index is 876. The van der Waals surface area contributed by atoms with Crippen molar-refractivity contribution < 1.29 is 8.42 Å². The van der Waals surface area contributed by atoms with Gasteiger partial charge in [0, 0.05) is 12.2 Å². The highest BCUT2D eigenvalue weighted by Gasteiger charge is 2.15. The summed E-state index contributed by atoms with van der Waals surface area (Å²) in [5.74, 6) is 0. The molecule has 0 fully saturated rings. The van der Waals surface area contributed by atoms with Crippen LogP contribution in [0.15, 0.2) is 60.0 Å². The maximum atomic E-state index is 12.5. The van der Waals surface area contributed by atoms with Crippen LogP contribution in [0.5, 0.6) is 0 Å². The molecule has 3 N–H and O–H groups in total. The second-order valence-corrected chi connectivity index (χ2v) is 7.66. The largest absolute Gasteiger partial charge is 0.359 e. The number of benzene rings is 2. The summed E-state index contributed by atoms with van der Waals surface area (Å²) >= 11 is 5.12. The van der Waals surface area contributed by atoms with Crippen molar-refractivity contribution in [1.29, 1.82) is 0 Å². The lowest BCUT2D eigenvalue weighted by Crippen LogP contribution is -2.28. The highest BCUT2D eigenvalue weighted by atomic mass is 32.2. The van der Waals surface area contributed by atoms with Crippen molar-refractivity contribution in [3.8, 4) is 0 Å². The van der Waals surface area contributed by atoms with Crippen molar-refractivity contribution in [3.05, 3.63) is 66.2 Å². The number of hydrogen-bond donors (Lipinski definition) is 3. The second-order valence-electron chi connectivity index (χ2n) is 5.57. The van der Waals surface area contributed by atoms with Crippen molar-refractivity contribution in [1.82, 2.24) is 5.32 Å². The number of aryl methyl sites for hydroxylation is 2. The smallest absolute Gasteiger partial charge is 0.261 e. The quantitative estimate of drug-likeness (QED) is 0.532. The molecule has 0 atom stereocenters. The summed E-state index contributed by atoms with van der Waals surface area (Å²) in [5, 5.41) is 6.37. The van der Waals surface area contributed by atoms with Crippen molar-refractivity contribution in [3.63, 3.8) is 0 Å². The van der Waals surface area contributed by atoms with E-state index in [1.165, 1.54) is 12.1 Å². The fraction of sp³-hybridized carbons (Fsp3) is 0.167. The molecule has 2 rings (SSSR count). The minimum absolute atomic E-state index is 0.183. The van der Waals surface area contributed by atoms with Crippen LogP contribution < -0.4 is 15.4 Å². The average molecular weight is 376 g/mol. The normalized spacial score (nSPS) is 10.8. The lowest BCUT2D eigenvalue weighted by atomic mass is 10.1. The van der Waals surface area contributed by atoms with E-state index in [2.05, 4.69) is 21.9 Å². The molecule has 0 heterocycles. The zero-order chi connectivity index (χ0) is 18.4. The van der Waals surface area contributed by atoms with Gasteiger partial charge in [-0.05, 0) is 62.0 Å². The number of nitrogens with one attached hydrogen (secondary N) is 3. The lowest BCUT2D eigenvalue weighted by Gasteiger charge is -2.12. The summed E-state index contributed by atoms with van der Waals surface area (Å²) in [4.78, 5) is 0.183. The van der Waals surface area contributed by atoms with Crippen molar-refractivity contribution >= 4 is 38.7 Å². The van der Waals surface area contributed by atoms with Crippen molar-refractivity contribution in [2.75, 3.05) is 16.6 Å². The van der Waals surface area contributed by atoms with Gasteiger partial charge in [0.05, 0.1) is 10.6 Å². The van der Waals surface area contributed by atoms with E-state index in [4.69, 9.17) is 12.2 Å². The predicted octanol–water partition coefficient (Wildman–Crippen LogP) is 3.58. The van der Waals surface area contributed by atoms with Gasteiger partial charge in [0.1, 0.15) is 0 Å². The molecule has 25 heavy (non-hydrogen) atoms. The Morgan fingerprint density at radius 2 is 1.84 bits per heavy atom. The zero-order valence-electron chi connectivity index (χ0n) is 14.2. The predicted molar refractivity (Wildman–Crippen MR) is 108 cm³/mol. The Labute approximate surface area is 154 Å². The third kappa shape index (κ3) is 5.30. The van der Waals surface area contributed by atoms with Crippen molar-refractivity contribution in [2.24, 2.45) is 0 Å². The first-order chi connectivity index (χ1) is 11.8. The Kier molecular flexibility index (Phi) is 6.17. The minimum Gasteiger partial charge on any atom is -0.359 e. The van der Waals surface area contributed by atoms with E-state index in [0.29, 0.717) is 23.0 Å². The van der Waals surface area contributed by atoms with Gasteiger partial charge in [0.15, 0.2) is 5.11 Å². The summed E-state index contributed by atoms with van der Waals surface area (Å²) in [6, 6.07) is 12.0. The SMILES string of the molecule is C=CCNC(=S)Nc1ccc(S(=O)(=O)Nc2ccc(C)cc2C)cc1. The van der Waals surface area contributed by atoms with Gasteiger partial charge in [0.25, 0.3) is 10.0 Å². The molecule has 0 bridgehead atoms. The van der Waals surface area contributed by atoms with E-state index in [1.54, 1.807) is 24.3 Å². The van der Waals surface area contributed by atoms with Crippen LogP contribution in [-0.2, 0) is 10.0 Å². The van der Waals surface area contributed by atoms with Crippen LogP contribution in [0.1, 0.15) is 11.1 Å². The zero-order valence-corrected chi connectivity index (χ0v) is 15.8. The Morgan fingerprint density at radius 1 is 1.16 bits per heavy atom. The fourth-order valence-corrected chi connectivity index (χ4v) is 3.52. The molecule has 0 amide bonds. The van der Waals surface area contributed by atoms with E-state index < -0.39 is 10.0 Å². The molecule has 0 aliphatic rings. The minimum atomic E-state index is -3.65. The summed E-state index contributed by atoms with van der Waals surface area (Å²) in [6.07, 6.45) is 1.70. The summed E-state index contributed by atoms with van der Waals surface area (Å²) in [5.41, 5.74) is 3.23. The third-order valence-corrected chi connectivity index (χ3v) is 5.08. The van der Waals surface area contributed by atoms with E-state index >= 15 is 0 Å². The molecule has 0 aliphatic heterocycles. The van der Waals surface area contributed by atoms with Gasteiger partial charge in [-0.25, -0.2) is 8.42 Å². The number of hydrogen-bond acceptors (Lipinski definition) is 3. The molecule has 2 aromatic carbocycles. The molecule has 0 aliphatic carbocycles. The van der Waals surface area contributed by atoms with Gasteiger partial charge < -0.3 is 10.6 Å². The monoisotopic (exact) mass is 375 g/mol. The first kappa shape index (κ1) is 19.0. The first-order valence-corrected chi connectivity index (χ1v) is 9.57. The van der Waals surface area contributed by atoms with Gasteiger partial charge >= 0.3 is 0 Å². The number of sulfonamides is 1. The lowest BCUT2D eigenvalue weighted by molar-refractivity contribution is 0.601. The molecule has 0 aromatic heterocycles. The van der Waals surface area contributed by atoms with Gasteiger partial charge in [0.2, 0.25) is 0 Å². The number of rotatable bonds is 6. The van der Waals surface area contributed by atoms with Gasteiger partial charge in [-0.1, -0.05) is 23.8 Å². The number of thiocarbonyl (C=S) groups is 1. The highest BCUT2D eigenvalue weighted by Crippen LogP contribution is 2.21. The Hall–Kier alpha value is -2.38. The molecule has 0 spiro atoms. The van der Waals surface area contributed by atoms with Gasteiger partial charge in [-0.15, -0.1) is 6.58 Å². The summed E-state index contributed by atoms with van der Waals surface area (Å²) in [7, 11) is -3.65. The molecular formula is C18H21N3O2S2. The molecule has 0 saturated heterocycles. The molecule has 0 saturated carbocycles. The third-order valence-electron chi connectivity index (χ3n) is 3.46. The van der Waals surface area contributed by atoms with Crippen LogP contribution in [0, 0.1) is 13.8 Å². The summed E-state index contributed by atoms with van der Waals surface area (Å²) in [6.45, 7) is 7.99. The molecule has 2 aromatic rings.